The van der Waals surface area contributed by atoms with Gasteiger partial charge in [0.2, 0.25) is 0 Å². The molecule has 4 aromatic rings. The van der Waals surface area contributed by atoms with Gasteiger partial charge >= 0.3 is 13.1 Å². The Morgan fingerprint density at radius 2 is 1.63 bits per heavy atom. The van der Waals surface area contributed by atoms with Crippen molar-refractivity contribution < 1.29 is 23.6 Å². The summed E-state index contributed by atoms with van der Waals surface area (Å²) in [5.74, 6) is -0.773. The number of ether oxygens (including phenoxy) is 1. The number of nitrogens with zero attached hydrogens (tertiary/aromatic N) is 2. The number of benzene rings is 3. The van der Waals surface area contributed by atoms with E-state index in [4.69, 9.17) is 30.7 Å². The maximum atomic E-state index is 13.9. The number of carbonyl (C=O) groups excluding carboxylic acids is 2. The Labute approximate surface area is 226 Å². The van der Waals surface area contributed by atoms with E-state index < -0.39 is 24.3 Å². The van der Waals surface area contributed by atoms with Crippen molar-refractivity contribution in [3.05, 3.63) is 82.4 Å². The molecular formula is C29H28BClN2O5. The number of methoxy groups -OCH3 is 1. The molecule has 9 heteroatoms. The van der Waals surface area contributed by atoms with E-state index in [0.29, 0.717) is 27.4 Å². The Hall–Kier alpha value is -3.46. The average molecular weight is 531 g/mol. The fraction of sp³-hybridized carbons (Fsp3) is 0.276. The molecule has 0 saturated carbocycles. The van der Waals surface area contributed by atoms with E-state index in [2.05, 4.69) is 0 Å². The lowest BCUT2D eigenvalue weighted by Gasteiger charge is -2.32. The molecule has 1 aromatic heterocycles. The van der Waals surface area contributed by atoms with Crippen molar-refractivity contribution in [1.82, 2.24) is 9.78 Å². The summed E-state index contributed by atoms with van der Waals surface area (Å²) >= 11 is 6.46. The Morgan fingerprint density at radius 1 is 0.974 bits per heavy atom. The molecule has 2 heterocycles. The van der Waals surface area contributed by atoms with E-state index in [1.807, 2.05) is 58.9 Å². The lowest BCUT2D eigenvalue weighted by molar-refractivity contribution is 0.00578. The quantitative estimate of drug-likeness (QED) is 0.258. The zero-order valence-electron chi connectivity index (χ0n) is 22.2. The Kier molecular flexibility index (Phi) is 6.46. The van der Waals surface area contributed by atoms with Gasteiger partial charge in [-0.25, -0.2) is 4.79 Å². The minimum Gasteiger partial charge on any atom is -0.465 e. The predicted octanol–water partition coefficient (Wildman–Crippen LogP) is 5.44. The third-order valence-electron chi connectivity index (χ3n) is 7.44. The second-order valence-electron chi connectivity index (χ2n) is 10.4. The van der Waals surface area contributed by atoms with Gasteiger partial charge in [0, 0.05) is 10.9 Å². The summed E-state index contributed by atoms with van der Waals surface area (Å²) in [6, 6.07) is 18.0. The van der Waals surface area contributed by atoms with Crippen LogP contribution in [0.25, 0.3) is 22.2 Å². The molecule has 0 radical (unpaired) electrons. The summed E-state index contributed by atoms with van der Waals surface area (Å²) in [5, 5.41) is 5.86. The maximum Gasteiger partial charge on any atom is 0.494 e. The predicted molar refractivity (Wildman–Crippen MR) is 148 cm³/mol. The first-order chi connectivity index (χ1) is 17.9. The van der Waals surface area contributed by atoms with E-state index in [-0.39, 0.29) is 5.91 Å². The van der Waals surface area contributed by atoms with Crippen molar-refractivity contribution in [2.45, 2.75) is 45.8 Å². The third-order valence-corrected chi connectivity index (χ3v) is 7.75. The summed E-state index contributed by atoms with van der Waals surface area (Å²) < 4.78 is 18.7. The molecule has 1 aliphatic heterocycles. The fourth-order valence-electron chi connectivity index (χ4n) is 4.52. The molecule has 1 fully saturated rings. The molecule has 0 unspecified atom stereocenters. The molecular weight excluding hydrogens is 503 g/mol. The van der Waals surface area contributed by atoms with Gasteiger partial charge in [-0.2, -0.15) is 9.78 Å². The molecule has 1 aliphatic rings. The van der Waals surface area contributed by atoms with Crippen LogP contribution in [0.2, 0.25) is 5.02 Å². The van der Waals surface area contributed by atoms with Gasteiger partial charge in [-0.1, -0.05) is 48.0 Å². The number of fused-ring (bicyclic) bond motifs is 1. The fourth-order valence-corrected chi connectivity index (χ4v) is 4.82. The Balaban J connectivity index is 1.67. The normalized spacial score (nSPS) is 16.1. The third kappa shape index (κ3) is 4.32. The van der Waals surface area contributed by atoms with Crippen molar-refractivity contribution in [1.29, 1.82) is 0 Å². The second kappa shape index (κ2) is 9.38. The summed E-state index contributed by atoms with van der Waals surface area (Å²) in [4.78, 5) is 25.8. The highest BCUT2D eigenvalue weighted by atomic mass is 35.5. The lowest BCUT2D eigenvalue weighted by atomic mass is 9.78. The summed E-state index contributed by atoms with van der Waals surface area (Å²) in [7, 11) is 0.735. The van der Waals surface area contributed by atoms with Gasteiger partial charge in [-0.05, 0) is 69.9 Å². The van der Waals surface area contributed by atoms with E-state index in [0.717, 1.165) is 22.0 Å². The maximum absolute atomic E-state index is 13.9. The van der Waals surface area contributed by atoms with Gasteiger partial charge in [0.05, 0.1) is 40.0 Å². The topological polar surface area (TPSA) is 79.7 Å². The lowest BCUT2D eigenvalue weighted by Crippen LogP contribution is -2.41. The molecule has 0 atom stereocenters. The molecule has 194 valence electrons. The van der Waals surface area contributed by atoms with Crippen LogP contribution >= 0.6 is 11.6 Å². The van der Waals surface area contributed by atoms with E-state index in [1.54, 1.807) is 36.4 Å². The first kappa shape index (κ1) is 26.2. The molecule has 0 amide bonds. The van der Waals surface area contributed by atoms with Crippen LogP contribution < -0.4 is 5.46 Å². The van der Waals surface area contributed by atoms with Crippen molar-refractivity contribution in [3.8, 4) is 11.3 Å². The highest BCUT2D eigenvalue weighted by molar-refractivity contribution is 6.62. The highest BCUT2D eigenvalue weighted by Crippen LogP contribution is 2.37. The van der Waals surface area contributed by atoms with Crippen molar-refractivity contribution in [2.24, 2.45) is 0 Å². The van der Waals surface area contributed by atoms with Gasteiger partial charge < -0.3 is 14.0 Å². The molecule has 0 bridgehead atoms. The molecule has 38 heavy (non-hydrogen) atoms. The van der Waals surface area contributed by atoms with Crippen LogP contribution in [0.3, 0.4) is 0 Å². The smallest absolute Gasteiger partial charge is 0.465 e. The van der Waals surface area contributed by atoms with E-state index in [9.17, 15) is 9.59 Å². The first-order valence-electron chi connectivity index (χ1n) is 12.3. The molecule has 5 rings (SSSR count). The van der Waals surface area contributed by atoms with Crippen LogP contribution in [-0.4, -0.2) is 47.1 Å². The van der Waals surface area contributed by atoms with Gasteiger partial charge in [0.25, 0.3) is 5.91 Å². The zero-order chi connectivity index (χ0) is 27.4. The second-order valence-corrected chi connectivity index (χ2v) is 10.8. The van der Waals surface area contributed by atoms with Gasteiger partial charge in [0.1, 0.15) is 5.69 Å². The monoisotopic (exact) mass is 530 g/mol. The molecule has 0 spiro atoms. The number of hydrogen-bond donors (Lipinski definition) is 0. The number of esters is 1. The number of carbonyl (C=O) groups is 2. The Bertz CT molecular complexity index is 1540. The van der Waals surface area contributed by atoms with Crippen molar-refractivity contribution in [3.63, 3.8) is 0 Å². The highest BCUT2D eigenvalue weighted by Gasteiger charge is 2.51. The van der Waals surface area contributed by atoms with Crippen LogP contribution in [0.5, 0.6) is 0 Å². The van der Waals surface area contributed by atoms with Crippen LogP contribution in [0.4, 0.5) is 0 Å². The van der Waals surface area contributed by atoms with Crippen LogP contribution in [0.15, 0.2) is 60.7 Å². The minimum atomic E-state index is -0.604. The SMILES string of the molecule is COC(=O)c1ccc(-c2nn(C(=O)c3c(C)cccc3Cl)c3cc(B4OC(C)(C)C(C)(C)O4)ccc23)cc1. The van der Waals surface area contributed by atoms with Crippen LogP contribution in [-0.2, 0) is 14.0 Å². The largest absolute Gasteiger partial charge is 0.494 e. The molecule has 7 nitrogen and oxygen atoms in total. The summed E-state index contributed by atoms with van der Waals surface area (Å²) in [6.07, 6.45) is 0. The number of rotatable bonds is 4. The van der Waals surface area contributed by atoms with Crippen LogP contribution in [0.1, 0.15) is 54.0 Å². The number of aryl methyl sites for hydroxylation is 1. The molecule has 3 aromatic carbocycles. The summed E-state index contributed by atoms with van der Waals surface area (Å²) in [6.45, 7) is 9.82. The van der Waals surface area contributed by atoms with Gasteiger partial charge in [0.15, 0.2) is 0 Å². The molecule has 0 N–H and O–H groups in total. The van der Waals surface area contributed by atoms with Gasteiger partial charge in [-0.15, -0.1) is 0 Å². The Morgan fingerprint density at radius 3 is 2.24 bits per heavy atom. The van der Waals surface area contributed by atoms with Crippen LogP contribution in [0, 0.1) is 6.92 Å². The zero-order valence-corrected chi connectivity index (χ0v) is 22.9. The van der Waals surface area contributed by atoms with Crippen molar-refractivity contribution in [2.75, 3.05) is 7.11 Å². The van der Waals surface area contributed by atoms with Crippen molar-refractivity contribution >= 4 is 47.0 Å². The van der Waals surface area contributed by atoms with E-state index in [1.165, 1.54) is 11.8 Å². The standard InChI is InChI=1S/C29H28BClN2O5/c1-17-8-7-9-22(31)24(17)26(34)33-23-16-20(30-37-28(2,3)29(4,5)38-30)14-15-21(23)25(32-33)18-10-12-19(13-11-18)27(35)36-6/h7-16H,1-6H3. The molecule has 1 saturated heterocycles. The van der Waals surface area contributed by atoms with E-state index >= 15 is 0 Å². The number of halogens is 1. The minimum absolute atomic E-state index is 0.346. The average Bonchev–Trinajstić information content (AvgIpc) is 3.36. The number of hydrogen-bond acceptors (Lipinski definition) is 6. The first-order valence-corrected chi connectivity index (χ1v) is 12.7. The van der Waals surface area contributed by atoms with Gasteiger partial charge in [-0.3, -0.25) is 4.79 Å². The number of aromatic nitrogens is 2. The molecule has 0 aliphatic carbocycles. The summed E-state index contributed by atoms with van der Waals surface area (Å²) in [5.41, 5.74) is 3.23.